The highest BCUT2D eigenvalue weighted by Crippen LogP contribution is 2.26. The smallest absolute Gasteiger partial charge is 0.139 e. The summed E-state index contributed by atoms with van der Waals surface area (Å²) in [6.45, 7) is 0. The minimum absolute atomic E-state index is 0.141. The number of aromatic amines is 1. The molecule has 0 bridgehead atoms. The second-order valence-electron chi connectivity index (χ2n) is 2.36. The lowest BCUT2D eigenvalue weighted by Crippen LogP contribution is -1.76. The van der Waals surface area contributed by atoms with Crippen molar-refractivity contribution in [3.05, 3.63) is 23.1 Å². The van der Waals surface area contributed by atoms with Crippen LogP contribution in [0.25, 0.3) is 10.9 Å². The molecule has 12 heavy (non-hydrogen) atoms. The maximum atomic E-state index is 13.0. The van der Waals surface area contributed by atoms with Crippen LogP contribution in [0.5, 0.6) is 5.75 Å². The quantitative estimate of drug-likeness (QED) is 0.662. The second kappa shape index (κ2) is 2.35. The second-order valence-corrected chi connectivity index (χ2v) is 2.74. The third-order valence-corrected chi connectivity index (χ3v) is 1.82. The summed E-state index contributed by atoms with van der Waals surface area (Å²) in [6.07, 6.45) is 0. The largest absolute Gasteiger partial charge is 0.508 e. The highest BCUT2D eigenvalue weighted by molar-refractivity contribution is 6.34. The average molecular weight is 187 g/mol. The van der Waals surface area contributed by atoms with E-state index in [2.05, 4.69) is 10.2 Å². The van der Waals surface area contributed by atoms with Crippen LogP contribution in [0, 0.1) is 5.82 Å². The van der Waals surface area contributed by atoms with Crippen molar-refractivity contribution in [2.24, 2.45) is 0 Å². The predicted molar refractivity (Wildman–Crippen MR) is 42.7 cm³/mol. The van der Waals surface area contributed by atoms with Crippen LogP contribution in [-0.2, 0) is 0 Å². The molecule has 2 aromatic rings. The lowest BCUT2D eigenvalue weighted by atomic mass is 10.2. The number of phenolic OH excluding ortho intramolecular Hbond substituents is 1. The number of nitrogens with one attached hydrogen (secondary N) is 1. The van der Waals surface area contributed by atoms with Gasteiger partial charge in [0.15, 0.2) is 0 Å². The fourth-order valence-corrected chi connectivity index (χ4v) is 1.28. The molecular formula is C7H4ClFN2O. The van der Waals surface area contributed by atoms with Crippen molar-refractivity contribution in [3.63, 3.8) is 0 Å². The van der Waals surface area contributed by atoms with E-state index in [1.54, 1.807) is 0 Å². The third kappa shape index (κ3) is 0.921. The standard InChI is InChI=1S/C7H4ClFN2O/c8-7-6-4(9)1-3(12)2-5(6)10-11-7/h1-2,12H,(H,10,11). The molecule has 0 fully saturated rings. The number of hydrogen-bond acceptors (Lipinski definition) is 2. The molecular weight excluding hydrogens is 183 g/mol. The summed E-state index contributed by atoms with van der Waals surface area (Å²) < 4.78 is 13.0. The van der Waals surface area contributed by atoms with Crippen LogP contribution in [0.3, 0.4) is 0 Å². The zero-order chi connectivity index (χ0) is 8.72. The zero-order valence-corrected chi connectivity index (χ0v) is 6.56. The third-order valence-electron chi connectivity index (χ3n) is 1.55. The highest BCUT2D eigenvalue weighted by atomic mass is 35.5. The van der Waals surface area contributed by atoms with Crippen LogP contribution in [-0.4, -0.2) is 15.3 Å². The lowest BCUT2D eigenvalue weighted by Gasteiger charge is -1.93. The Hall–Kier alpha value is -1.29. The zero-order valence-electron chi connectivity index (χ0n) is 5.81. The van der Waals surface area contributed by atoms with E-state index >= 15 is 0 Å². The molecule has 5 heteroatoms. The molecule has 0 aliphatic carbocycles. The Labute approximate surface area is 71.8 Å². The van der Waals surface area contributed by atoms with E-state index in [1.807, 2.05) is 0 Å². The Morgan fingerprint density at radius 2 is 2.25 bits per heavy atom. The van der Waals surface area contributed by atoms with Crippen molar-refractivity contribution < 1.29 is 9.50 Å². The number of H-pyrrole nitrogens is 1. The number of phenols is 1. The average Bonchev–Trinajstić information content (AvgIpc) is 2.31. The number of rotatable bonds is 0. The summed E-state index contributed by atoms with van der Waals surface area (Å²) in [4.78, 5) is 0. The Morgan fingerprint density at radius 1 is 1.50 bits per heavy atom. The number of halogens is 2. The van der Waals surface area contributed by atoms with Crippen molar-refractivity contribution in [1.82, 2.24) is 10.2 Å². The summed E-state index contributed by atoms with van der Waals surface area (Å²) in [5, 5.41) is 15.4. The van der Waals surface area contributed by atoms with Crippen molar-refractivity contribution >= 4 is 22.5 Å². The van der Waals surface area contributed by atoms with E-state index in [9.17, 15) is 4.39 Å². The summed E-state index contributed by atoms with van der Waals surface area (Å²) >= 11 is 5.59. The molecule has 0 spiro atoms. The van der Waals surface area contributed by atoms with E-state index in [-0.39, 0.29) is 16.3 Å². The Morgan fingerprint density at radius 3 is 3.00 bits per heavy atom. The maximum absolute atomic E-state index is 13.0. The van der Waals surface area contributed by atoms with Crippen LogP contribution in [0.4, 0.5) is 4.39 Å². The summed E-state index contributed by atoms with van der Waals surface area (Å²) in [5.41, 5.74) is 0.317. The van der Waals surface area contributed by atoms with Gasteiger partial charge in [-0.1, -0.05) is 11.6 Å². The molecule has 2 N–H and O–H groups in total. The molecule has 3 nitrogen and oxygen atoms in total. The normalized spacial score (nSPS) is 10.8. The fourth-order valence-electron chi connectivity index (χ4n) is 1.05. The minimum Gasteiger partial charge on any atom is -0.508 e. The fraction of sp³-hybridized carbons (Fsp3) is 0. The number of nitrogens with zero attached hydrogens (tertiary/aromatic N) is 1. The van der Waals surface area contributed by atoms with Gasteiger partial charge in [-0.3, -0.25) is 5.10 Å². The first kappa shape index (κ1) is 7.36. The number of benzene rings is 1. The van der Waals surface area contributed by atoms with Crippen LogP contribution in [0.1, 0.15) is 0 Å². The Kier molecular flexibility index (Phi) is 1.44. The van der Waals surface area contributed by atoms with Crippen LogP contribution in [0.2, 0.25) is 5.15 Å². The molecule has 1 aromatic carbocycles. The topological polar surface area (TPSA) is 48.9 Å². The van der Waals surface area contributed by atoms with Gasteiger partial charge in [0.1, 0.15) is 22.2 Å². The van der Waals surface area contributed by atoms with Gasteiger partial charge in [-0.25, -0.2) is 4.39 Å². The number of aromatic hydroxyl groups is 1. The minimum atomic E-state index is -0.580. The Balaban J connectivity index is 2.93. The maximum Gasteiger partial charge on any atom is 0.139 e. The van der Waals surface area contributed by atoms with Gasteiger partial charge in [-0.2, -0.15) is 5.10 Å². The summed E-state index contributed by atoms with van der Waals surface area (Å²) in [5.74, 6) is -0.744. The van der Waals surface area contributed by atoms with Gasteiger partial charge in [0.25, 0.3) is 0 Å². The molecule has 0 unspecified atom stereocenters. The first-order chi connectivity index (χ1) is 5.68. The molecule has 1 aromatic heterocycles. The van der Waals surface area contributed by atoms with E-state index in [1.165, 1.54) is 6.07 Å². The molecule has 0 saturated heterocycles. The molecule has 0 aliphatic rings. The van der Waals surface area contributed by atoms with Gasteiger partial charge in [-0.05, 0) is 0 Å². The number of aromatic nitrogens is 2. The van der Waals surface area contributed by atoms with Crippen molar-refractivity contribution in [2.45, 2.75) is 0 Å². The Bertz CT molecular complexity index is 440. The molecule has 0 aliphatic heterocycles. The van der Waals surface area contributed by atoms with Gasteiger partial charge in [0.2, 0.25) is 0 Å². The van der Waals surface area contributed by atoms with Gasteiger partial charge in [-0.15, -0.1) is 0 Å². The van der Waals surface area contributed by atoms with Crippen molar-refractivity contribution in [3.8, 4) is 5.75 Å². The summed E-state index contributed by atoms with van der Waals surface area (Å²) in [7, 11) is 0. The molecule has 0 amide bonds. The molecule has 0 atom stereocenters. The molecule has 2 rings (SSSR count). The highest BCUT2D eigenvalue weighted by Gasteiger charge is 2.09. The van der Waals surface area contributed by atoms with E-state index in [0.717, 1.165) is 6.07 Å². The van der Waals surface area contributed by atoms with Gasteiger partial charge < -0.3 is 5.11 Å². The molecule has 62 valence electrons. The van der Waals surface area contributed by atoms with Crippen LogP contribution in [0.15, 0.2) is 12.1 Å². The van der Waals surface area contributed by atoms with E-state index < -0.39 is 5.82 Å². The van der Waals surface area contributed by atoms with E-state index in [0.29, 0.717) is 5.52 Å². The number of fused-ring (bicyclic) bond motifs is 1. The van der Waals surface area contributed by atoms with Crippen molar-refractivity contribution in [2.75, 3.05) is 0 Å². The van der Waals surface area contributed by atoms with Gasteiger partial charge in [0.05, 0.1) is 5.39 Å². The van der Waals surface area contributed by atoms with E-state index in [4.69, 9.17) is 16.7 Å². The lowest BCUT2D eigenvalue weighted by molar-refractivity contribution is 0.471. The molecule has 0 saturated carbocycles. The van der Waals surface area contributed by atoms with Crippen LogP contribution >= 0.6 is 11.6 Å². The van der Waals surface area contributed by atoms with Gasteiger partial charge in [0, 0.05) is 12.1 Å². The van der Waals surface area contributed by atoms with Crippen LogP contribution < -0.4 is 0 Å². The molecule has 1 heterocycles. The number of hydrogen-bond donors (Lipinski definition) is 2. The predicted octanol–water partition coefficient (Wildman–Crippen LogP) is 2.06. The first-order valence-corrected chi connectivity index (χ1v) is 3.58. The first-order valence-electron chi connectivity index (χ1n) is 3.20. The molecule has 0 radical (unpaired) electrons. The monoisotopic (exact) mass is 186 g/mol. The van der Waals surface area contributed by atoms with Crippen molar-refractivity contribution in [1.29, 1.82) is 0 Å². The van der Waals surface area contributed by atoms with Gasteiger partial charge >= 0.3 is 0 Å². The summed E-state index contributed by atoms with van der Waals surface area (Å²) in [6, 6.07) is 2.32. The SMILES string of the molecule is Oc1cc(F)c2c(Cl)[nH]nc2c1.